The molecule has 1 aromatic carbocycles. The van der Waals surface area contributed by atoms with Gasteiger partial charge in [0.25, 0.3) is 0 Å². The van der Waals surface area contributed by atoms with Crippen LogP contribution in [0, 0.1) is 6.92 Å². The molecule has 0 radical (unpaired) electrons. The standard InChI is InChI=1S/C14H15F3N2O.CH4O/c1-9-18-12-7-10(8-19-4-2-3-5-19)6-11(13(12)20-9)14(15,16)17;1-2/h6-7H,2-5,8H2,1H3;2H,1H3. The van der Waals surface area contributed by atoms with E-state index in [9.17, 15) is 13.2 Å². The smallest absolute Gasteiger partial charge is 0.420 e. The molecule has 0 aliphatic carbocycles. The van der Waals surface area contributed by atoms with Crippen LogP contribution in [0.25, 0.3) is 11.1 Å². The van der Waals surface area contributed by atoms with Crippen molar-refractivity contribution < 1.29 is 22.7 Å². The lowest BCUT2D eigenvalue weighted by molar-refractivity contribution is -0.136. The van der Waals surface area contributed by atoms with Crippen LogP contribution in [-0.4, -0.2) is 35.2 Å². The first-order valence-corrected chi connectivity index (χ1v) is 7.08. The Labute approximate surface area is 126 Å². The number of hydrogen-bond acceptors (Lipinski definition) is 4. The molecule has 0 spiro atoms. The number of oxazole rings is 1. The lowest BCUT2D eigenvalue weighted by atomic mass is 10.1. The van der Waals surface area contributed by atoms with E-state index in [1.165, 1.54) is 6.07 Å². The van der Waals surface area contributed by atoms with Crippen LogP contribution in [0.4, 0.5) is 13.2 Å². The van der Waals surface area contributed by atoms with Crippen LogP contribution in [0.15, 0.2) is 16.5 Å². The van der Waals surface area contributed by atoms with Crippen LogP contribution in [0.3, 0.4) is 0 Å². The lowest BCUT2D eigenvalue weighted by Crippen LogP contribution is -2.19. The van der Waals surface area contributed by atoms with Crippen molar-refractivity contribution >= 4 is 11.1 Å². The maximum absolute atomic E-state index is 13.1. The van der Waals surface area contributed by atoms with E-state index in [0.717, 1.165) is 33.0 Å². The zero-order valence-corrected chi connectivity index (χ0v) is 12.6. The third-order valence-electron chi connectivity index (χ3n) is 3.57. The Kier molecular flexibility index (Phi) is 5.08. The number of nitrogens with zero attached hydrogens (tertiary/aromatic N) is 2. The second-order valence-corrected chi connectivity index (χ2v) is 5.21. The molecule has 2 heterocycles. The van der Waals surface area contributed by atoms with Crippen LogP contribution < -0.4 is 0 Å². The summed E-state index contributed by atoms with van der Waals surface area (Å²) in [5.74, 6) is 0.254. The summed E-state index contributed by atoms with van der Waals surface area (Å²) in [5.41, 5.74) is 0.0246. The third-order valence-corrected chi connectivity index (χ3v) is 3.57. The molecule has 0 bridgehead atoms. The maximum atomic E-state index is 13.1. The molecule has 0 saturated carbocycles. The minimum atomic E-state index is -4.43. The van der Waals surface area contributed by atoms with E-state index in [4.69, 9.17) is 9.52 Å². The second-order valence-electron chi connectivity index (χ2n) is 5.21. The Hall–Kier alpha value is -1.60. The van der Waals surface area contributed by atoms with Crippen molar-refractivity contribution in [2.75, 3.05) is 20.2 Å². The van der Waals surface area contributed by atoms with Crippen LogP contribution in [0.2, 0.25) is 0 Å². The monoisotopic (exact) mass is 316 g/mol. The fourth-order valence-electron chi connectivity index (χ4n) is 2.70. The average molecular weight is 316 g/mol. The van der Waals surface area contributed by atoms with Crippen LogP contribution in [0.1, 0.15) is 29.9 Å². The highest BCUT2D eigenvalue weighted by Crippen LogP contribution is 2.36. The normalized spacial score (nSPS) is 15.9. The van der Waals surface area contributed by atoms with Gasteiger partial charge in [-0.05, 0) is 43.6 Å². The van der Waals surface area contributed by atoms with Crippen LogP contribution in [-0.2, 0) is 12.7 Å². The highest BCUT2D eigenvalue weighted by atomic mass is 19.4. The molecule has 0 amide bonds. The first-order chi connectivity index (χ1) is 10.4. The molecule has 7 heteroatoms. The number of halogens is 3. The van der Waals surface area contributed by atoms with Crippen molar-refractivity contribution in [1.29, 1.82) is 0 Å². The van der Waals surface area contributed by atoms with E-state index < -0.39 is 11.7 Å². The maximum Gasteiger partial charge on any atom is 0.420 e. The van der Waals surface area contributed by atoms with E-state index in [0.29, 0.717) is 12.1 Å². The van der Waals surface area contributed by atoms with Gasteiger partial charge in [-0.1, -0.05) is 0 Å². The lowest BCUT2D eigenvalue weighted by Gasteiger charge is -2.16. The number of hydrogen-bond donors (Lipinski definition) is 1. The highest BCUT2D eigenvalue weighted by molar-refractivity contribution is 5.78. The molecule has 122 valence electrons. The molecule has 3 rings (SSSR count). The zero-order valence-electron chi connectivity index (χ0n) is 12.6. The summed E-state index contributed by atoms with van der Waals surface area (Å²) in [6.45, 7) is 3.97. The summed E-state index contributed by atoms with van der Waals surface area (Å²) in [7, 11) is 1.00. The molecule has 4 nitrogen and oxygen atoms in total. The van der Waals surface area contributed by atoms with Gasteiger partial charge in [0.05, 0.1) is 0 Å². The summed E-state index contributed by atoms with van der Waals surface area (Å²) in [6, 6.07) is 2.88. The van der Waals surface area contributed by atoms with Gasteiger partial charge in [-0.2, -0.15) is 13.2 Å². The van der Waals surface area contributed by atoms with Gasteiger partial charge in [0, 0.05) is 20.6 Å². The van der Waals surface area contributed by atoms with Gasteiger partial charge in [-0.3, -0.25) is 4.90 Å². The molecule has 0 atom stereocenters. The van der Waals surface area contributed by atoms with Crippen molar-refractivity contribution in [2.24, 2.45) is 0 Å². The summed E-state index contributed by atoms with van der Waals surface area (Å²) >= 11 is 0. The third kappa shape index (κ3) is 3.59. The van der Waals surface area contributed by atoms with E-state index >= 15 is 0 Å². The van der Waals surface area contributed by atoms with Gasteiger partial charge in [0.2, 0.25) is 0 Å². The van der Waals surface area contributed by atoms with Crippen LogP contribution >= 0.6 is 0 Å². The predicted molar refractivity (Wildman–Crippen MR) is 76.4 cm³/mol. The molecule has 1 aliphatic rings. The first-order valence-electron chi connectivity index (χ1n) is 7.08. The Morgan fingerprint density at radius 3 is 2.45 bits per heavy atom. The molecule has 1 saturated heterocycles. The van der Waals surface area contributed by atoms with Gasteiger partial charge in [-0.25, -0.2) is 4.98 Å². The topological polar surface area (TPSA) is 49.5 Å². The number of aliphatic hydroxyl groups excluding tert-OH is 1. The number of likely N-dealkylation sites (tertiary alicyclic amines) is 1. The number of rotatable bonds is 2. The van der Waals surface area contributed by atoms with E-state index in [2.05, 4.69) is 9.88 Å². The predicted octanol–water partition coefficient (Wildman–Crippen LogP) is 3.36. The minimum absolute atomic E-state index is 0.167. The molecule has 1 aromatic heterocycles. The molecule has 0 unspecified atom stereocenters. The van der Waals surface area contributed by atoms with Crippen molar-refractivity contribution in [1.82, 2.24) is 9.88 Å². The zero-order chi connectivity index (χ0) is 16.3. The van der Waals surface area contributed by atoms with Gasteiger partial charge in [0.1, 0.15) is 11.1 Å². The first kappa shape index (κ1) is 16.8. The SMILES string of the molecule is CO.Cc1nc2cc(CN3CCCC3)cc(C(F)(F)F)c2o1. The average Bonchev–Trinajstić information content (AvgIpc) is 3.07. The number of aryl methyl sites for hydroxylation is 1. The fourth-order valence-corrected chi connectivity index (χ4v) is 2.70. The van der Waals surface area contributed by atoms with E-state index in [-0.39, 0.29) is 17.0 Å². The number of aromatic nitrogens is 1. The Morgan fingerprint density at radius 2 is 1.86 bits per heavy atom. The van der Waals surface area contributed by atoms with Crippen molar-refractivity contribution in [3.8, 4) is 0 Å². The largest absolute Gasteiger partial charge is 0.440 e. The van der Waals surface area contributed by atoms with Gasteiger partial charge in [0.15, 0.2) is 11.5 Å². The van der Waals surface area contributed by atoms with Gasteiger partial charge >= 0.3 is 6.18 Å². The molecule has 2 aromatic rings. The van der Waals surface area contributed by atoms with E-state index in [1.54, 1.807) is 13.0 Å². The number of fused-ring (bicyclic) bond motifs is 1. The number of aliphatic hydroxyl groups is 1. The van der Waals surface area contributed by atoms with Crippen molar-refractivity contribution in [3.05, 3.63) is 29.2 Å². The fraction of sp³-hybridized carbons (Fsp3) is 0.533. The molecule has 22 heavy (non-hydrogen) atoms. The Balaban J connectivity index is 0.000000847. The summed E-state index contributed by atoms with van der Waals surface area (Å²) in [5, 5.41) is 7.00. The number of alkyl halides is 3. The quantitative estimate of drug-likeness (QED) is 0.923. The molecule has 1 N–H and O–H groups in total. The van der Waals surface area contributed by atoms with Gasteiger partial charge < -0.3 is 9.52 Å². The van der Waals surface area contributed by atoms with Crippen LogP contribution in [0.5, 0.6) is 0 Å². The highest BCUT2D eigenvalue weighted by Gasteiger charge is 2.35. The minimum Gasteiger partial charge on any atom is -0.440 e. The molecule has 1 aliphatic heterocycles. The summed E-state index contributed by atoms with van der Waals surface area (Å²) in [6.07, 6.45) is -2.21. The Bertz CT molecular complexity index is 631. The van der Waals surface area contributed by atoms with E-state index in [1.807, 2.05) is 0 Å². The second kappa shape index (κ2) is 6.66. The summed E-state index contributed by atoms with van der Waals surface area (Å²) in [4.78, 5) is 6.20. The van der Waals surface area contributed by atoms with Crippen molar-refractivity contribution in [3.63, 3.8) is 0 Å². The van der Waals surface area contributed by atoms with Crippen molar-refractivity contribution in [2.45, 2.75) is 32.5 Å². The number of benzene rings is 1. The van der Waals surface area contributed by atoms with Gasteiger partial charge in [-0.15, -0.1) is 0 Å². The molecule has 1 fully saturated rings. The molecular formula is C15H19F3N2O2. The Morgan fingerprint density at radius 1 is 1.23 bits per heavy atom. The summed E-state index contributed by atoms with van der Waals surface area (Å²) < 4.78 is 44.5. The molecular weight excluding hydrogens is 297 g/mol.